The summed E-state index contributed by atoms with van der Waals surface area (Å²) < 4.78 is 68.7. The van der Waals surface area contributed by atoms with Crippen molar-refractivity contribution in [2.75, 3.05) is 46.9 Å². The molecule has 3 heterocycles. The Hall–Kier alpha value is -2.43. The molecule has 1 atom stereocenters. The van der Waals surface area contributed by atoms with Gasteiger partial charge in [0.25, 0.3) is 5.91 Å². The Morgan fingerprint density at radius 3 is 2.00 bits per heavy atom. The molecule has 38 heavy (non-hydrogen) atoms. The fraction of sp³-hybridized carbons (Fsp3) is 0.682. The number of amides is 1. The number of carboxylic acids is 2. The first-order valence-electron chi connectivity index (χ1n) is 11.5. The number of piperidine rings is 1. The van der Waals surface area contributed by atoms with Crippen molar-refractivity contribution in [2.45, 2.75) is 50.1 Å². The zero-order chi connectivity index (χ0) is 29.1. The van der Waals surface area contributed by atoms with E-state index in [0.717, 1.165) is 37.4 Å². The number of carbonyl (C=O) groups excluding carboxylic acids is 1. The Balaban J connectivity index is 0.000000426. The van der Waals surface area contributed by atoms with Gasteiger partial charge >= 0.3 is 24.3 Å². The van der Waals surface area contributed by atoms with Gasteiger partial charge in [0.2, 0.25) is 0 Å². The van der Waals surface area contributed by atoms with E-state index >= 15 is 0 Å². The zero-order valence-corrected chi connectivity index (χ0v) is 21.6. The molecule has 3 N–H and O–H groups in total. The summed E-state index contributed by atoms with van der Waals surface area (Å²) in [4.78, 5) is 37.5. The first-order valence-corrected chi connectivity index (χ1v) is 12.3. The second-order valence-corrected chi connectivity index (χ2v) is 9.60. The maximum Gasteiger partial charge on any atom is 0.490 e. The fourth-order valence-electron chi connectivity index (χ4n) is 3.67. The molecular formula is C22H31F6N3O6S. The number of carbonyl (C=O) groups is 3. The first-order chi connectivity index (χ1) is 17.6. The summed E-state index contributed by atoms with van der Waals surface area (Å²) in [6.07, 6.45) is -5.67. The van der Waals surface area contributed by atoms with Crippen molar-refractivity contribution in [1.29, 1.82) is 0 Å². The predicted octanol–water partition coefficient (Wildman–Crippen LogP) is 3.62. The van der Waals surface area contributed by atoms with Gasteiger partial charge in [-0.25, -0.2) is 9.59 Å². The Bertz CT molecular complexity index is 873. The van der Waals surface area contributed by atoms with E-state index in [4.69, 9.17) is 24.5 Å². The summed E-state index contributed by atoms with van der Waals surface area (Å²) in [6, 6.07) is 4.91. The topological polar surface area (TPSA) is 119 Å². The highest BCUT2D eigenvalue weighted by atomic mass is 32.1. The number of aliphatic carboxylic acids is 2. The summed E-state index contributed by atoms with van der Waals surface area (Å²) >= 11 is 1.66. The smallest absolute Gasteiger partial charge is 0.475 e. The fourth-order valence-corrected chi connectivity index (χ4v) is 4.74. The van der Waals surface area contributed by atoms with Crippen molar-refractivity contribution in [3.63, 3.8) is 0 Å². The molecule has 0 spiro atoms. The molecule has 2 aliphatic heterocycles. The summed E-state index contributed by atoms with van der Waals surface area (Å²) in [5.74, 6) is -5.34. The van der Waals surface area contributed by atoms with Crippen LogP contribution in [0, 0.1) is 0 Å². The second-order valence-electron chi connectivity index (χ2n) is 8.48. The van der Waals surface area contributed by atoms with Crippen molar-refractivity contribution in [3.05, 3.63) is 21.9 Å². The van der Waals surface area contributed by atoms with E-state index < -0.39 is 24.3 Å². The number of hydrogen-bond donors (Lipinski definition) is 3. The van der Waals surface area contributed by atoms with Crippen molar-refractivity contribution in [2.24, 2.45) is 0 Å². The lowest BCUT2D eigenvalue weighted by Crippen LogP contribution is -2.47. The SMILES string of the molecule is COCCN(C(=O)c1ccc(C2CCCN2)s1)C1CCN(C)CC1.O=C(O)C(F)(F)F.O=C(O)C(F)(F)F. The highest BCUT2D eigenvalue weighted by Gasteiger charge is 2.39. The first kappa shape index (κ1) is 33.6. The standard InChI is InChI=1S/C18H29N3O2S.2C2HF3O2/c1-20-10-7-14(8-11-20)21(12-13-23-2)18(22)17-6-5-16(24-17)15-4-3-9-19-15;2*3-2(4,5)1(6)7/h5-6,14-15,19H,3-4,7-13H2,1-2H3;2*(H,6,7). The Kier molecular flexibility index (Phi) is 13.5. The van der Waals surface area contributed by atoms with Crippen LogP contribution in [-0.2, 0) is 14.3 Å². The number of thiophene rings is 1. The van der Waals surface area contributed by atoms with Gasteiger partial charge in [0.05, 0.1) is 11.5 Å². The van der Waals surface area contributed by atoms with Gasteiger partial charge in [-0.05, 0) is 64.5 Å². The molecule has 2 saturated heterocycles. The molecule has 1 aromatic heterocycles. The molecule has 1 unspecified atom stereocenters. The Morgan fingerprint density at radius 2 is 1.58 bits per heavy atom. The van der Waals surface area contributed by atoms with E-state index in [2.05, 4.69) is 23.3 Å². The van der Waals surface area contributed by atoms with Crippen LogP contribution in [0.4, 0.5) is 26.3 Å². The number of rotatable bonds is 6. The molecule has 0 aromatic carbocycles. The van der Waals surface area contributed by atoms with Gasteiger partial charge in [0, 0.05) is 30.6 Å². The third-order valence-electron chi connectivity index (χ3n) is 5.65. The van der Waals surface area contributed by atoms with Crippen molar-refractivity contribution in [3.8, 4) is 0 Å². The van der Waals surface area contributed by atoms with E-state index in [1.54, 1.807) is 18.4 Å². The minimum Gasteiger partial charge on any atom is -0.475 e. The van der Waals surface area contributed by atoms with E-state index in [9.17, 15) is 31.1 Å². The maximum atomic E-state index is 13.1. The molecule has 0 saturated carbocycles. The number of carboxylic acid groups (broad SMARTS) is 2. The lowest BCUT2D eigenvalue weighted by Gasteiger charge is -2.37. The quantitative estimate of drug-likeness (QED) is 0.438. The molecule has 0 radical (unpaired) electrons. The van der Waals surface area contributed by atoms with Crippen LogP contribution in [0.15, 0.2) is 12.1 Å². The molecule has 16 heteroatoms. The molecule has 2 aliphatic rings. The van der Waals surface area contributed by atoms with Crippen LogP contribution in [0.25, 0.3) is 0 Å². The van der Waals surface area contributed by atoms with Crippen molar-refractivity contribution in [1.82, 2.24) is 15.1 Å². The molecule has 1 amide bonds. The van der Waals surface area contributed by atoms with E-state index in [1.807, 2.05) is 11.0 Å². The summed E-state index contributed by atoms with van der Waals surface area (Å²) in [5.41, 5.74) is 0. The van der Waals surface area contributed by atoms with Gasteiger partial charge in [0.15, 0.2) is 0 Å². The number of halogens is 6. The number of alkyl halides is 6. The molecule has 9 nitrogen and oxygen atoms in total. The van der Waals surface area contributed by atoms with Crippen LogP contribution in [0.5, 0.6) is 0 Å². The third kappa shape index (κ3) is 11.5. The van der Waals surface area contributed by atoms with E-state index in [0.29, 0.717) is 25.2 Å². The number of ether oxygens (including phenoxy) is 1. The molecule has 0 aliphatic carbocycles. The van der Waals surface area contributed by atoms with Crippen molar-refractivity contribution >= 4 is 29.2 Å². The monoisotopic (exact) mass is 579 g/mol. The minimum atomic E-state index is -5.08. The number of likely N-dealkylation sites (tertiary alicyclic amines) is 1. The molecule has 3 rings (SSSR count). The minimum absolute atomic E-state index is 0.177. The average Bonchev–Trinajstić information content (AvgIpc) is 3.52. The number of nitrogens with one attached hydrogen (secondary N) is 1. The van der Waals surface area contributed by atoms with Gasteiger partial charge in [-0.2, -0.15) is 26.3 Å². The van der Waals surface area contributed by atoms with Crippen LogP contribution in [0.3, 0.4) is 0 Å². The molecular weight excluding hydrogens is 548 g/mol. The van der Waals surface area contributed by atoms with Gasteiger partial charge in [-0.1, -0.05) is 0 Å². The molecule has 2 fully saturated rings. The van der Waals surface area contributed by atoms with Crippen LogP contribution in [0.1, 0.15) is 46.3 Å². The van der Waals surface area contributed by atoms with Crippen molar-refractivity contribution < 1.29 is 55.7 Å². The Labute approximate surface area is 219 Å². The summed E-state index contributed by atoms with van der Waals surface area (Å²) in [7, 11) is 3.85. The van der Waals surface area contributed by atoms with Crippen LogP contribution in [-0.4, -0.2) is 103 Å². The highest BCUT2D eigenvalue weighted by molar-refractivity contribution is 7.14. The zero-order valence-electron chi connectivity index (χ0n) is 20.8. The van der Waals surface area contributed by atoms with E-state index in [-0.39, 0.29) is 5.91 Å². The second kappa shape index (κ2) is 15.2. The lowest BCUT2D eigenvalue weighted by atomic mass is 10.0. The largest absolute Gasteiger partial charge is 0.490 e. The van der Waals surface area contributed by atoms with Gasteiger partial charge in [-0.3, -0.25) is 4.79 Å². The summed E-state index contributed by atoms with van der Waals surface area (Å²) in [6.45, 7) is 4.48. The highest BCUT2D eigenvalue weighted by Crippen LogP contribution is 2.30. The number of methoxy groups -OCH3 is 1. The number of hydrogen-bond acceptors (Lipinski definition) is 7. The van der Waals surface area contributed by atoms with E-state index in [1.165, 1.54) is 17.7 Å². The van der Waals surface area contributed by atoms with Crippen LogP contribution >= 0.6 is 11.3 Å². The Morgan fingerprint density at radius 1 is 1.05 bits per heavy atom. The third-order valence-corrected chi connectivity index (χ3v) is 6.84. The maximum absolute atomic E-state index is 13.1. The van der Waals surface area contributed by atoms with Crippen LogP contribution in [0.2, 0.25) is 0 Å². The molecule has 1 aromatic rings. The molecule has 218 valence electrons. The lowest BCUT2D eigenvalue weighted by molar-refractivity contribution is -0.193. The average molecular weight is 580 g/mol. The van der Waals surface area contributed by atoms with Gasteiger partial charge in [0.1, 0.15) is 0 Å². The normalized spacial score (nSPS) is 18.6. The van der Waals surface area contributed by atoms with Crippen LogP contribution < -0.4 is 5.32 Å². The van der Waals surface area contributed by atoms with Gasteiger partial charge in [-0.15, -0.1) is 11.3 Å². The molecule has 0 bridgehead atoms. The predicted molar refractivity (Wildman–Crippen MR) is 125 cm³/mol. The van der Waals surface area contributed by atoms with Gasteiger partial charge < -0.3 is 30.1 Å². The summed E-state index contributed by atoms with van der Waals surface area (Å²) in [5, 5.41) is 17.8. The number of nitrogens with zero attached hydrogens (tertiary/aromatic N) is 2.